The zero-order valence-electron chi connectivity index (χ0n) is 5.33. The predicted molar refractivity (Wildman–Crippen MR) is 34.2 cm³/mol. The molecule has 0 rings (SSSR count). The molecule has 0 spiro atoms. The van der Waals surface area contributed by atoms with E-state index in [1.807, 2.05) is 0 Å². The summed E-state index contributed by atoms with van der Waals surface area (Å²) in [5.74, 6) is -1.03. The Kier molecular flexibility index (Phi) is 3.56. The van der Waals surface area contributed by atoms with Crippen LogP contribution in [0.3, 0.4) is 0 Å². The van der Waals surface area contributed by atoms with Gasteiger partial charge in [0.2, 0.25) is 0 Å². The lowest BCUT2D eigenvalue weighted by atomic mass is 10.8. The van der Waals surface area contributed by atoms with Crippen molar-refractivity contribution in [1.82, 2.24) is 5.06 Å². The van der Waals surface area contributed by atoms with E-state index >= 15 is 0 Å². The molecule has 0 atom stereocenters. The normalized spacial score (nSPS) is 8.60. The standard InChI is InChI=1S/C4H7ClN2O3/c1-7(4(6)9)10-3(8)2-5/h2H2,1H3,(H2,6,9). The van der Waals surface area contributed by atoms with Gasteiger partial charge in [0.1, 0.15) is 5.88 Å². The summed E-state index contributed by atoms with van der Waals surface area (Å²) in [5, 5.41) is 0.602. The fourth-order valence-electron chi connectivity index (χ4n) is 0.222. The Labute approximate surface area is 62.6 Å². The topological polar surface area (TPSA) is 72.6 Å². The number of hydrogen-bond donors (Lipinski definition) is 1. The number of carbonyl (C=O) groups excluding carboxylic acids is 2. The third-order valence-corrected chi connectivity index (χ3v) is 0.876. The molecule has 0 aromatic carbocycles. The Morgan fingerprint density at radius 2 is 2.20 bits per heavy atom. The molecule has 0 radical (unpaired) electrons. The molecule has 0 aliphatic rings. The van der Waals surface area contributed by atoms with Gasteiger partial charge in [0.15, 0.2) is 0 Å². The van der Waals surface area contributed by atoms with E-state index in [-0.39, 0.29) is 5.88 Å². The summed E-state index contributed by atoms with van der Waals surface area (Å²) >= 11 is 5.05. The van der Waals surface area contributed by atoms with E-state index in [1.165, 1.54) is 7.05 Å². The first-order valence-electron chi connectivity index (χ1n) is 2.38. The fraction of sp³-hybridized carbons (Fsp3) is 0.500. The second kappa shape index (κ2) is 3.94. The van der Waals surface area contributed by atoms with Crippen molar-refractivity contribution in [2.45, 2.75) is 0 Å². The van der Waals surface area contributed by atoms with E-state index in [0.717, 1.165) is 0 Å². The summed E-state index contributed by atoms with van der Waals surface area (Å²) in [5.41, 5.74) is 4.71. The molecular formula is C4H7ClN2O3. The summed E-state index contributed by atoms with van der Waals surface area (Å²) in [7, 11) is 1.22. The van der Waals surface area contributed by atoms with Gasteiger partial charge < -0.3 is 10.6 Å². The summed E-state index contributed by atoms with van der Waals surface area (Å²) in [6.45, 7) is 0. The highest BCUT2D eigenvalue weighted by Gasteiger charge is 2.08. The first-order valence-corrected chi connectivity index (χ1v) is 2.91. The number of amides is 2. The maximum Gasteiger partial charge on any atom is 0.347 e. The molecule has 0 aliphatic heterocycles. The lowest BCUT2D eigenvalue weighted by Gasteiger charge is -2.11. The van der Waals surface area contributed by atoms with Gasteiger partial charge in [0.25, 0.3) is 0 Å². The lowest BCUT2D eigenvalue weighted by Crippen LogP contribution is -2.34. The summed E-state index contributed by atoms with van der Waals surface area (Å²) in [6.07, 6.45) is 0. The molecule has 2 N–H and O–H groups in total. The maximum atomic E-state index is 10.3. The number of urea groups is 1. The number of hydrogen-bond acceptors (Lipinski definition) is 3. The van der Waals surface area contributed by atoms with Gasteiger partial charge in [-0.05, 0) is 0 Å². The predicted octanol–water partition coefficient (Wildman–Crippen LogP) is -0.306. The van der Waals surface area contributed by atoms with Crippen molar-refractivity contribution in [3.8, 4) is 0 Å². The third kappa shape index (κ3) is 3.13. The molecule has 0 saturated heterocycles. The fourth-order valence-corrected chi connectivity index (χ4v) is 0.271. The number of nitrogens with zero attached hydrogens (tertiary/aromatic N) is 1. The number of nitrogens with two attached hydrogens (primary N) is 1. The highest BCUT2D eigenvalue weighted by Crippen LogP contribution is 1.87. The van der Waals surface area contributed by atoms with Crippen LogP contribution in [0.2, 0.25) is 0 Å². The third-order valence-electron chi connectivity index (χ3n) is 0.658. The van der Waals surface area contributed by atoms with E-state index in [1.54, 1.807) is 0 Å². The molecule has 6 heteroatoms. The van der Waals surface area contributed by atoms with Crippen molar-refractivity contribution in [1.29, 1.82) is 0 Å². The Morgan fingerprint density at radius 1 is 1.70 bits per heavy atom. The molecule has 0 aromatic heterocycles. The van der Waals surface area contributed by atoms with E-state index in [0.29, 0.717) is 5.06 Å². The van der Waals surface area contributed by atoms with Crippen LogP contribution >= 0.6 is 11.6 Å². The molecule has 10 heavy (non-hydrogen) atoms. The van der Waals surface area contributed by atoms with Gasteiger partial charge in [-0.25, -0.2) is 9.59 Å². The average Bonchev–Trinajstić information content (AvgIpc) is 1.87. The molecule has 0 aromatic rings. The molecule has 0 saturated carbocycles. The van der Waals surface area contributed by atoms with Crippen molar-refractivity contribution in [3.63, 3.8) is 0 Å². The van der Waals surface area contributed by atoms with E-state index in [2.05, 4.69) is 4.84 Å². The Bertz CT molecular complexity index is 149. The molecule has 0 fully saturated rings. The Balaban J connectivity index is 3.68. The van der Waals surface area contributed by atoms with Crippen LogP contribution in [0.4, 0.5) is 4.79 Å². The van der Waals surface area contributed by atoms with Gasteiger partial charge in [-0.1, -0.05) is 0 Å². The largest absolute Gasteiger partial charge is 0.349 e. The quantitative estimate of drug-likeness (QED) is 0.429. The second-order valence-corrected chi connectivity index (χ2v) is 1.70. The molecule has 0 unspecified atom stereocenters. The lowest BCUT2D eigenvalue weighted by molar-refractivity contribution is -0.168. The number of carbonyl (C=O) groups is 2. The van der Waals surface area contributed by atoms with Gasteiger partial charge in [-0.15, -0.1) is 11.6 Å². The van der Waals surface area contributed by atoms with Crippen LogP contribution < -0.4 is 5.73 Å². The van der Waals surface area contributed by atoms with Crippen LogP contribution in [0, 0.1) is 0 Å². The zero-order chi connectivity index (χ0) is 8.15. The minimum atomic E-state index is -0.849. The molecule has 0 heterocycles. The molecule has 2 amide bonds. The highest BCUT2D eigenvalue weighted by atomic mass is 35.5. The van der Waals surface area contributed by atoms with E-state index < -0.39 is 12.0 Å². The highest BCUT2D eigenvalue weighted by molar-refractivity contribution is 6.26. The van der Waals surface area contributed by atoms with Gasteiger partial charge in [0.05, 0.1) is 7.05 Å². The summed E-state index contributed by atoms with van der Waals surface area (Å²) in [6, 6.07) is -0.849. The van der Waals surface area contributed by atoms with Crippen LogP contribution in [0.25, 0.3) is 0 Å². The number of hydroxylamine groups is 2. The molecule has 0 bridgehead atoms. The van der Waals surface area contributed by atoms with Gasteiger partial charge in [0, 0.05) is 0 Å². The van der Waals surface area contributed by atoms with Gasteiger partial charge >= 0.3 is 12.0 Å². The first-order chi connectivity index (χ1) is 4.57. The second-order valence-electron chi connectivity index (χ2n) is 1.43. The monoisotopic (exact) mass is 166 g/mol. The van der Waals surface area contributed by atoms with Crippen molar-refractivity contribution >= 4 is 23.6 Å². The molecular weight excluding hydrogens is 160 g/mol. The van der Waals surface area contributed by atoms with Crippen molar-refractivity contribution < 1.29 is 14.4 Å². The minimum Gasteiger partial charge on any atom is -0.349 e. The number of alkyl halides is 1. The summed E-state index contributed by atoms with van der Waals surface area (Å²) < 4.78 is 0. The van der Waals surface area contributed by atoms with Crippen LogP contribution in [0.1, 0.15) is 0 Å². The zero-order valence-corrected chi connectivity index (χ0v) is 6.09. The van der Waals surface area contributed by atoms with Crippen LogP contribution in [0.5, 0.6) is 0 Å². The van der Waals surface area contributed by atoms with Crippen molar-refractivity contribution in [2.24, 2.45) is 5.73 Å². The van der Waals surface area contributed by atoms with E-state index in [9.17, 15) is 9.59 Å². The molecule has 0 aliphatic carbocycles. The Morgan fingerprint density at radius 3 is 2.50 bits per heavy atom. The smallest absolute Gasteiger partial charge is 0.347 e. The van der Waals surface area contributed by atoms with Crippen molar-refractivity contribution in [2.75, 3.05) is 12.9 Å². The molecule has 5 nitrogen and oxygen atoms in total. The van der Waals surface area contributed by atoms with Crippen LogP contribution in [0.15, 0.2) is 0 Å². The summed E-state index contributed by atoms with van der Waals surface area (Å²) in [4.78, 5) is 24.8. The van der Waals surface area contributed by atoms with Gasteiger partial charge in [-0.3, -0.25) is 0 Å². The van der Waals surface area contributed by atoms with Gasteiger partial charge in [-0.2, -0.15) is 5.06 Å². The number of halogens is 1. The van der Waals surface area contributed by atoms with Crippen molar-refractivity contribution in [3.05, 3.63) is 0 Å². The minimum absolute atomic E-state index is 0.308. The maximum absolute atomic E-state index is 10.3. The average molecular weight is 167 g/mol. The number of primary amides is 1. The number of rotatable bonds is 1. The van der Waals surface area contributed by atoms with Crippen LogP contribution in [-0.4, -0.2) is 30.0 Å². The SMILES string of the molecule is CN(OC(=O)CCl)C(N)=O. The Hall–Kier alpha value is -0.970. The van der Waals surface area contributed by atoms with Crippen LogP contribution in [-0.2, 0) is 9.63 Å². The van der Waals surface area contributed by atoms with E-state index in [4.69, 9.17) is 17.3 Å². The molecule has 58 valence electrons. The first kappa shape index (κ1) is 9.03.